The lowest BCUT2D eigenvalue weighted by Gasteiger charge is -2.28. The number of carbonyl (C=O) groups excluding carboxylic acids is 2. The zero-order valence-electron chi connectivity index (χ0n) is 9.85. The lowest BCUT2D eigenvalue weighted by atomic mass is 10.1. The third-order valence-corrected chi connectivity index (χ3v) is 2.20. The van der Waals surface area contributed by atoms with Crippen LogP contribution in [-0.4, -0.2) is 47.1 Å². The molecule has 1 unspecified atom stereocenters. The number of hydrogen-bond donors (Lipinski definition) is 3. The van der Waals surface area contributed by atoms with Crippen LogP contribution >= 0.6 is 0 Å². The number of aliphatic hydroxyl groups excluding tert-OH is 1. The number of nitrogens with two attached hydrogens (primary N) is 2. The SMILES string of the molecule is CC(C)N(CCCO)C(=O)C(N)CC(N)=O. The molecule has 0 radical (unpaired) electrons. The molecule has 0 aromatic heterocycles. The molecule has 0 fully saturated rings. The van der Waals surface area contributed by atoms with Crippen LogP contribution in [0, 0.1) is 0 Å². The Morgan fingerprint density at radius 1 is 1.38 bits per heavy atom. The first kappa shape index (κ1) is 14.9. The zero-order valence-corrected chi connectivity index (χ0v) is 9.85. The Hall–Kier alpha value is -1.14. The highest BCUT2D eigenvalue weighted by atomic mass is 16.3. The van der Waals surface area contributed by atoms with E-state index in [-0.39, 0.29) is 25.0 Å². The molecule has 0 aromatic carbocycles. The van der Waals surface area contributed by atoms with Gasteiger partial charge in [-0.2, -0.15) is 0 Å². The summed E-state index contributed by atoms with van der Waals surface area (Å²) in [4.78, 5) is 24.0. The van der Waals surface area contributed by atoms with E-state index in [4.69, 9.17) is 16.6 Å². The van der Waals surface area contributed by atoms with Crippen LogP contribution in [0.1, 0.15) is 26.7 Å². The minimum atomic E-state index is -0.890. The van der Waals surface area contributed by atoms with E-state index in [0.717, 1.165) is 0 Å². The number of rotatable bonds is 7. The van der Waals surface area contributed by atoms with Crippen molar-refractivity contribution in [1.29, 1.82) is 0 Å². The van der Waals surface area contributed by atoms with Crippen molar-refractivity contribution >= 4 is 11.8 Å². The van der Waals surface area contributed by atoms with Crippen molar-refractivity contribution in [2.45, 2.75) is 38.8 Å². The molecular formula is C10H21N3O3. The van der Waals surface area contributed by atoms with Crippen LogP contribution in [0.25, 0.3) is 0 Å². The molecule has 0 saturated heterocycles. The van der Waals surface area contributed by atoms with Gasteiger partial charge in [-0.25, -0.2) is 0 Å². The normalized spacial score (nSPS) is 12.6. The van der Waals surface area contributed by atoms with Gasteiger partial charge in [0, 0.05) is 19.2 Å². The predicted octanol–water partition coefficient (Wildman–Crippen LogP) is -1.19. The Labute approximate surface area is 95.6 Å². The summed E-state index contributed by atoms with van der Waals surface area (Å²) in [6.07, 6.45) is 0.342. The Morgan fingerprint density at radius 2 is 1.94 bits per heavy atom. The molecule has 1 atom stereocenters. The van der Waals surface area contributed by atoms with E-state index >= 15 is 0 Å². The van der Waals surface area contributed by atoms with Gasteiger partial charge in [0.15, 0.2) is 0 Å². The number of carbonyl (C=O) groups is 2. The largest absolute Gasteiger partial charge is 0.396 e. The molecule has 0 aliphatic carbocycles. The van der Waals surface area contributed by atoms with Gasteiger partial charge in [0.05, 0.1) is 12.5 Å². The molecule has 16 heavy (non-hydrogen) atoms. The van der Waals surface area contributed by atoms with Crippen LogP contribution in [0.5, 0.6) is 0 Å². The van der Waals surface area contributed by atoms with Gasteiger partial charge >= 0.3 is 0 Å². The first-order valence-electron chi connectivity index (χ1n) is 5.35. The lowest BCUT2D eigenvalue weighted by Crippen LogP contribution is -2.48. The van der Waals surface area contributed by atoms with Gasteiger partial charge in [0.1, 0.15) is 0 Å². The smallest absolute Gasteiger partial charge is 0.240 e. The van der Waals surface area contributed by atoms with Gasteiger partial charge in [0.2, 0.25) is 11.8 Å². The van der Waals surface area contributed by atoms with E-state index in [1.807, 2.05) is 13.8 Å². The summed E-state index contributed by atoms with van der Waals surface area (Å²) < 4.78 is 0. The monoisotopic (exact) mass is 231 g/mol. The van der Waals surface area contributed by atoms with Gasteiger partial charge in [-0.3, -0.25) is 9.59 Å². The summed E-state index contributed by atoms with van der Waals surface area (Å²) in [6, 6.07) is -0.906. The van der Waals surface area contributed by atoms with E-state index in [1.165, 1.54) is 0 Å². The third kappa shape index (κ3) is 5.09. The van der Waals surface area contributed by atoms with E-state index in [2.05, 4.69) is 0 Å². The molecule has 5 N–H and O–H groups in total. The molecule has 0 saturated carbocycles. The van der Waals surface area contributed by atoms with E-state index in [0.29, 0.717) is 13.0 Å². The molecular weight excluding hydrogens is 210 g/mol. The molecule has 6 heteroatoms. The van der Waals surface area contributed by atoms with Crippen molar-refractivity contribution in [3.8, 4) is 0 Å². The molecule has 6 nitrogen and oxygen atoms in total. The summed E-state index contributed by atoms with van der Waals surface area (Å²) in [5, 5.41) is 8.72. The maximum absolute atomic E-state index is 11.8. The number of primary amides is 1. The molecule has 0 aromatic rings. The van der Waals surface area contributed by atoms with Crippen LogP contribution in [0.2, 0.25) is 0 Å². The summed E-state index contributed by atoms with van der Waals surface area (Å²) in [5.41, 5.74) is 10.6. The number of amides is 2. The molecule has 2 amide bonds. The number of nitrogens with zero attached hydrogens (tertiary/aromatic N) is 1. The Morgan fingerprint density at radius 3 is 2.31 bits per heavy atom. The average molecular weight is 231 g/mol. The van der Waals surface area contributed by atoms with Crippen LogP contribution in [0.4, 0.5) is 0 Å². The summed E-state index contributed by atoms with van der Waals surface area (Å²) in [6.45, 7) is 4.15. The minimum Gasteiger partial charge on any atom is -0.396 e. The van der Waals surface area contributed by atoms with E-state index in [1.54, 1.807) is 4.90 Å². The second-order valence-corrected chi connectivity index (χ2v) is 3.98. The highest BCUT2D eigenvalue weighted by Crippen LogP contribution is 2.04. The van der Waals surface area contributed by atoms with Crippen molar-refractivity contribution in [2.75, 3.05) is 13.2 Å². The van der Waals surface area contributed by atoms with Crippen molar-refractivity contribution < 1.29 is 14.7 Å². The zero-order chi connectivity index (χ0) is 12.7. The van der Waals surface area contributed by atoms with Crippen molar-refractivity contribution in [1.82, 2.24) is 4.90 Å². The lowest BCUT2D eigenvalue weighted by molar-refractivity contribution is -0.136. The first-order valence-corrected chi connectivity index (χ1v) is 5.35. The average Bonchev–Trinajstić information content (AvgIpc) is 2.16. The van der Waals surface area contributed by atoms with Crippen LogP contribution in [0.3, 0.4) is 0 Å². The van der Waals surface area contributed by atoms with E-state index in [9.17, 15) is 9.59 Å². The fraction of sp³-hybridized carbons (Fsp3) is 0.800. The van der Waals surface area contributed by atoms with Gasteiger partial charge in [-0.1, -0.05) is 0 Å². The second-order valence-electron chi connectivity index (χ2n) is 3.98. The molecule has 0 aliphatic heterocycles. The Bertz CT molecular complexity index is 243. The summed E-state index contributed by atoms with van der Waals surface area (Å²) in [7, 11) is 0. The molecule has 94 valence electrons. The highest BCUT2D eigenvalue weighted by Gasteiger charge is 2.23. The predicted molar refractivity (Wildman–Crippen MR) is 60.3 cm³/mol. The third-order valence-electron chi connectivity index (χ3n) is 2.20. The Kier molecular flexibility index (Phi) is 6.67. The van der Waals surface area contributed by atoms with Crippen LogP contribution in [0.15, 0.2) is 0 Å². The van der Waals surface area contributed by atoms with Crippen molar-refractivity contribution in [3.63, 3.8) is 0 Å². The molecule has 0 rings (SSSR count). The maximum Gasteiger partial charge on any atom is 0.240 e. The highest BCUT2D eigenvalue weighted by molar-refractivity contribution is 5.87. The quantitative estimate of drug-likeness (QED) is 0.511. The number of hydrogen-bond acceptors (Lipinski definition) is 4. The standard InChI is InChI=1S/C10H21N3O3/c1-7(2)13(4-3-5-14)10(16)8(11)6-9(12)15/h7-8,14H,3-6,11H2,1-2H3,(H2,12,15). The fourth-order valence-electron chi connectivity index (χ4n) is 1.38. The minimum absolute atomic E-state index is 0.0154. The second kappa shape index (κ2) is 7.19. The van der Waals surface area contributed by atoms with Crippen molar-refractivity contribution in [3.05, 3.63) is 0 Å². The van der Waals surface area contributed by atoms with Crippen LogP contribution in [-0.2, 0) is 9.59 Å². The van der Waals surface area contributed by atoms with E-state index < -0.39 is 11.9 Å². The van der Waals surface area contributed by atoms with Gasteiger partial charge in [-0.05, 0) is 20.3 Å². The van der Waals surface area contributed by atoms with Gasteiger partial charge < -0.3 is 21.5 Å². The Balaban J connectivity index is 4.41. The fourth-order valence-corrected chi connectivity index (χ4v) is 1.38. The first-order chi connectivity index (χ1) is 7.40. The molecule has 0 spiro atoms. The summed E-state index contributed by atoms with van der Waals surface area (Å²) in [5.74, 6) is -0.894. The molecule has 0 heterocycles. The summed E-state index contributed by atoms with van der Waals surface area (Å²) >= 11 is 0. The molecule has 0 aliphatic rings. The maximum atomic E-state index is 11.8. The van der Waals surface area contributed by atoms with Crippen molar-refractivity contribution in [2.24, 2.45) is 11.5 Å². The van der Waals surface area contributed by atoms with Gasteiger partial charge in [-0.15, -0.1) is 0 Å². The topological polar surface area (TPSA) is 110 Å². The van der Waals surface area contributed by atoms with Crippen LogP contribution < -0.4 is 11.5 Å². The number of aliphatic hydroxyl groups is 1. The van der Waals surface area contributed by atoms with Gasteiger partial charge in [0.25, 0.3) is 0 Å². The molecule has 0 bridgehead atoms.